The van der Waals surface area contributed by atoms with E-state index in [1.165, 1.54) is 6.08 Å². The Morgan fingerprint density at radius 3 is 2.44 bits per heavy atom. The zero-order chi connectivity index (χ0) is 6.91. The van der Waals surface area contributed by atoms with Crippen LogP contribution in [0.2, 0.25) is 0 Å². The van der Waals surface area contributed by atoms with E-state index in [2.05, 4.69) is 0 Å². The molecule has 1 aliphatic carbocycles. The zero-order valence-corrected chi connectivity index (χ0v) is 5.65. The van der Waals surface area contributed by atoms with Crippen LogP contribution in [-0.2, 0) is 10.1 Å². The van der Waals surface area contributed by atoms with Gasteiger partial charge in [-0.25, -0.2) is 8.42 Å². The quantitative estimate of drug-likeness (QED) is 0.510. The average molecular weight is 147 g/mol. The minimum absolute atomic E-state index is 0.0718. The predicted octanol–water partition coefficient (Wildman–Crippen LogP) is 0.599. The van der Waals surface area contributed by atoms with E-state index in [1.807, 2.05) is 0 Å². The standard InChI is InChI=1S/C5H8O3S/c6-9(7,8)5-3-1-2-4-5/h3H,1-2,4H2,(H,6,7,8)/p-1. The van der Waals surface area contributed by atoms with Gasteiger partial charge >= 0.3 is 0 Å². The highest BCUT2D eigenvalue weighted by Gasteiger charge is 2.09. The molecular weight excluding hydrogens is 140 g/mol. The Balaban J connectivity index is 2.87. The molecule has 0 N–H and O–H groups in total. The van der Waals surface area contributed by atoms with Crippen molar-refractivity contribution in [2.45, 2.75) is 19.3 Å². The maximum absolute atomic E-state index is 10.2. The molecule has 0 bridgehead atoms. The van der Waals surface area contributed by atoms with Gasteiger partial charge in [-0.3, -0.25) is 0 Å². The third-order valence-electron chi connectivity index (χ3n) is 1.32. The van der Waals surface area contributed by atoms with Crippen LogP contribution >= 0.6 is 0 Å². The summed E-state index contributed by atoms with van der Waals surface area (Å²) >= 11 is 0. The van der Waals surface area contributed by atoms with E-state index in [0.29, 0.717) is 6.42 Å². The van der Waals surface area contributed by atoms with E-state index in [-0.39, 0.29) is 4.91 Å². The van der Waals surface area contributed by atoms with Gasteiger partial charge < -0.3 is 4.55 Å². The van der Waals surface area contributed by atoms with Gasteiger partial charge in [0.15, 0.2) is 0 Å². The Morgan fingerprint density at radius 2 is 2.22 bits per heavy atom. The summed E-state index contributed by atoms with van der Waals surface area (Å²) in [7, 11) is -4.09. The van der Waals surface area contributed by atoms with Crippen LogP contribution in [0.5, 0.6) is 0 Å². The van der Waals surface area contributed by atoms with E-state index in [1.54, 1.807) is 0 Å². The molecule has 0 amide bonds. The van der Waals surface area contributed by atoms with Gasteiger partial charge in [0.1, 0.15) is 10.1 Å². The second kappa shape index (κ2) is 2.11. The number of allylic oxidation sites excluding steroid dienone is 2. The topological polar surface area (TPSA) is 57.2 Å². The molecule has 0 aromatic rings. The first-order chi connectivity index (χ1) is 4.11. The Morgan fingerprint density at radius 1 is 1.56 bits per heavy atom. The van der Waals surface area contributed by atoms with Crippen LogP contribution in [0.3, 0.4) is 0 Å². The summed E-state index contributed by atoms with van der Waals surface area (Å²) in [5.74, 6) is 0. The summed E-state index contributed by atoms with van der Waals surface area (Å²) in [5.41, 5.74) is 0. The van der Waals surface area contributed by atoms with Gasteiger partial charge in [0.05, 0.1) is 0 Å². The van der Waals surface area contributed by atoms with E-state index < -0.39 is 10.1 Å². The monoisotopic (exact) mass is 147 g/mol. The van der Waals surface area contributed by atoms with Crippen molar-refractivity contribution in [2.75, 3.05) is 0 Å². The summed E-state index contributed by atoms with van der Waals surface area (Å²) < 4.78 is 30.6. The molecule has 0 aliphatic heterocycles. The fourth-order valence-electron chi connectivity index (χ4n) is 0.868. The third kappa shape index (κ3) is 1.53. The molecule has 0 radical (unpaired) electrons. The van der Waals surface area contributed by atoms with E-state index in [4.69, 9.17) is 0 Å². The van der Waals surface area contributed by atoms with Gasteiger partial charge in [0.25, 0.3) is 0 Å². The first kappa shape index (κ1) is 6.77. The van der Waals surface area contributed by atoms with Crippen molar-refractivity contribution in [3.63, 3.8) is 0 Å². The van der Waals surface area contributed by atoms with Crippen molar-refractivity contribution in [1.82, 2.24) is 0 Å². The first-order valence-electron chi connectivity index (χ1n) is 2.75. The van der Waals surface area contributed by atoms with Crippen LogP contribution in [0.1, 0.15) is 19.3 Å². The van der Waals surface area contributed by atoms with Crippen molar-refractivity contribution in [2.24, 2.45) is 0 Å². The van der Waals surface area contributed by atoms with Gasteiger partial charge in [-0.1, -0.05) is 6.08 Å². The zero-order valence-electron chi connectivity index (χ0n) is 4.83. The molecule has 3 nitrogen and oxygen atoms in total. The molecule has 0 unspecified atom stereocenters. The molecule has 0 saturated heterocycles. The maximum atomic E-state index is 10.2. The van der Waals surface area contributed by atoms with E-state index in [0.717, 1.165) is 12.8 Å². The van der Waals surface area contributed by atoms with Crippen LogP contribution in [0.15, 0.2) is 11.0 Å². The van der Waals surface area contributed by atoms with Crippen LogP contribution in [0.4, 0.5) is 0 Å². The van der Waals surface area contributed by atoms with E-state index in [9.17, 15) is 13.0 Å². The molecule has 9 heavy (non-hydrogen) atoms. The highest BCUT2D eigenvalue weighted by molar-refractivity contribution is 7.89. The Bertz CT molecular complexity index is 225. The lowest BCUT2D eigenvalue weighted by Gasteiger charge is -2.05. The number of rotatable bonds is 1. The van der Waals surface area contributed by atoms with Gasteiger partial charge in [-0.05, 0) is 19.3 Å². The second-order valence-corrected chi connectivity index (χ2v) is 3.45. The lowest BCUT2D eigenvalue weighted by atomic mass is 10.4. The Hall–Kier alpha value is -0.350. The fraction of sp³-hybridized carbons (Fsp3) is 0.600. The molecule has 52 valence electrons. The summed E-state index contributed by atoms with van der Waals surface area (Å²) in [4.78, 5) is 0.0718. The minimum atomic E-state index is -4.09. The number of hydrogen-bond acceptors (Lipinski definition) is 3. The minimum Gasteiger partial charge on any atom is -0.744 e. The summed E-state index contributed by atoms with van der Waals surface area (Å²) in [5, 5.41) is 0. The smallest absolute Gasteiger partial charge is 0.120 e. The van der Waals surface area contributed by atoms with Crippen molar-refractivity contribution >= 4 is 10.1 Å². The van der Waals surface area contributed by atoms with Crippen molar-refractivity contribution in [1.29, 1.82) is 0 Å². The van der Waals surface area contributed by atoms with Gasteiger partial charge in [0, 0.05) is 4.91 Å². The normalized spacial score (nSPS) is 19.9. The third-order valence-corrected chi connectivity index (χ3v) is 2.33. The maximum Gasteiger partial charge on any atom is 0.120 e. The summed E-state index contributed by atoms with van der Waals surface area (Å²) in [6.07, 6.45) is 3.47. The molecule has 1 rings (SSSR count). The highest BCUT2D eigenvalue weighted by atomic mass is 32.2. The molecule has 0 saturated carbocycles. The SMILES string of the molecule is O=S(=O)([O-])C1=CCCC1. The molecule has 0 aromatic carbocycles. The fourth-order valence-corrected chi connectivity index (χ4v) is 1.58. The van der Waals surface area contributed by atoms with Gasteiger partial charge in [-0.2, -0.15) is 0 Å². The van der Waals surface area contributed by atoms with Crippen LogP contribution in [0, 0.1) is 0 Å². The molecule has 0 fully saturated rings. The van der Waals surface area contributed by atoms with Crippen LogP contribution in [-0.4, -0.2) is 13.0 Å². The summed E-state index contributed by atoms with van der Waals surface area (Å²) in [6, 6.07) is 0. The first-order valence-corrected chi connectivity index (χ1v) is 4.16. The predicted molar refractivity (Wildman–Crippen MR) is 31.6 cm³/mol. The van der Waals surface area contributed by atoms with Gasteiger partial charge in [-0.15, -0.1) is 0 Å². The Labute approximate surface area is 54.1 Å². The molecule has 0 atom stereocenters. The molecule has 0 heterocycles. The highest BCUT2D eigenvalue weighted by Crippen LogP contribution is 2.21. The van der Waals surface area contributed by atoms with Crippen LogP contribution < -0.4 is 0 Å². The number of hydrogen-bond donors (Lipinski definition) is 0. The Kier molecular flexibility index (Phi) is 1.59. The molecule has 0 spiro atoms. The lowest BCUT2D eigenvalue weighted by Crippen LogP contribution is -1.98. The van der Waals surface area contributed by atoms with Crippen molar-refractivity contribution in [3.05, 3.63) is 11.0 Å². The average Bonchev–Trinajstić information content (AvgIpc) is 2.08. The van der Waals surface area contributed by atoms with E-state index >= 15 is 0 Å². The van der Waals surface area contributed by atoms with Crippen molar-refractivity contribution in [3.8, 4) is 0 Å². The summed E-state index contributed by atoms with van der Waals surface area (Å²) in [6.45, 7) is 0. The van der Waals surface area contributed by atoms with Crippen LogP contribution in [0.25, 0.3) is 0 Å². The largest absolute Gasteiger partial charge is 0.744 e. The molecule has 1 aliphatic rings. The second-order valence-electron chi connectivity index (χ2n) is 2.02. The van der Waals surface area contributed by atoms with Crippen molar-refractivity contribution < 1.29 is 13.0 Å². The lowest BCUT2D eigenvalue weighted by molar-refractivity contribution is 0.469. The van der Waals surface area contributed by atoms with Gasteiger partial charge in [0.2, 0.25) is 0 Å². The molecule has 0 aromatic heterocycles. The molecular formula is C5H7O3S-. The molecule has 4 heteroatoms.